The summed E-state index contributed by atoms with van der Waals surface area (Å²) in [5.41, 5.74) is 1.10. The molecule has 25 heavy (non-hydrogen) atoms. The summed E-state index contributed by atoms with van der Waals surface area (Å²) in [7, 11) is 0. The first-order valence-corrected chi connectivity index (χ1v) is 8.43. The van der Waals surface area contributed by atoms with Crippen LogP contribution in [0.25, 0.3) is 0 Å². The lowest BCUT2D eigenvalue weighted by Crippen LogP contribution is -2.58. The third-order valence-electron chi connectivity index (χ3n) is 4.45. The second kappa shape index (κ2) is 7.34. The van der Waals surface area contributed by atoms with Crippen molar-refractivity contribution in [3.8, 4) is 0 Å². The number of piperazine rings is 1. The van der Waals surface area contributed by atoms with Crippen LogP contribution in [0.5, 0.6) is 0 Å². The second-order valence-electron chi connectivity index (χ2n) is 6.03. The van der Waals surface area contributed by atoms with E-state index in [1.807, 2.05) is 37.3 Å². The molecule has 0 aliphatic carbocycles. The fourth-order valence-corrected chi connectivity index (χ4v) is 3.07. The number of pyridine rings is 1. The minimum Gasteiger partial charge on any atom is -0.353 e. The van der Waals surface area contributed by atoms with Gasteiger partial charge in [0, 0.05) is 43.9 Å². The third-order valence-corrected chi connectivity index (χ3v) is 4.45. The highest BCUT2D eigenvalue weighted by Crippen LogP contribution is 2.15. The number of hydrogen-bond donors (Lipinski definition) is 1. The molecule has 0 bridgehead atoms. The number of carbonyl (C=O) groups excluding carboxylic acids is 2. The van der Waals surface area contributed by atoms with Crippen molar-refractivity contribution in [1.82, 2.24) is 14.8 Å². The van der Waals surface area contributed by atoms with Crippen LogP contribution >= 0.6 is 0 Å². The maximum absolute atomic E-state index is 12.9. The van der Waals surface area contributed by atoms with Gasteiger partial charge >= 0.3 is 0 Å². The number of rotatable bonds is 4. The van der Waals surface area contributed by atoms with Crippen LogP contribution in [0.2, 0.25) is 0 Å². The first-order valence-electron chi connectivity index (χ1n) is 8.43. The summed E-state index contributed by atoms with van der Waals surface area (Å²) in [6.07, 6.45) is 2.07. The highest BCUT2D eigenvalue weighted by molar-refractivity contribution is 5.98. The smallest absolute Gasteiger partial charge is 0.254 e. The summed E-state index contributed by atoms with van der Waals surface area (Å²) in [5, 5.41) is 2.82. The van der Waals surface area contributed by atoms with E-state index in [4.69, 9.17) is 0 Å². The Morgan fingerprint density at radius 1 is 1.20 bits per heavy atom. The molecule has 0 saturated carbocycles. The molecule has 0 radical (unpaired) electrons. The van der Waals surface area contributed by atoms with Gasteiger partial charge < -0.3 is 14.8 Å². The van der Waals surface area contributed by atoms with E-state index in [2.05, 4.69) is 5.32 Å². The molecule has 6 heteroatoms. The summed E-state index contributed by atoms with van der Waals surface area (Å²) in [5.74, 6) is -0.443. The lowest BCUT2D eigenvalue weighted by Gasteiger charge is -2.35. The number of aryl methyl sites for hydroxylation is 1. The van der Waals surface area contributed by atoms with Gasteiger partial charge in [-0.1, -0.05) is 30.3 Å². The van der Waals surface area contributed by atoms with Crippen LogP contribution in [0.1, 0.15) is 22.8 Å². The highest BCUT2D eigenvalue weighted by Gasteiger charge is 2.33. The van der Waals surface area contributed by atoms with Crippen molar-refractivity contribution in [2.24, 2.45) is 0 Å². The predicted molar refractivity (Wildman–Crippen MR) is 94.4 cm³/mol. The number of carbonyl (C=O) groups is 2. The molecule has 1 aromatic carbocycles. The Balaban J connectivity index is 1.87. The van der Waals surface area contributed by atoms with Crippen LogP contribution in [0, 0.1) is 0 Å². The molecule has 1 aliphatic heterocycles. The van der Waals surface area contributed by atoms with Crippen LogP contribution in [0.4, 0.5) is 0 Å². The number of amides is 2. The normalized spacial score (nSPS) is 17.2. The maximum Gasteiger partial charge on any atom is 0.254 e. The largest absolute Gasteiger partial charge is 0.353 e. The SMILES string of the molecule is CCn1ccc(C(=O)N2CCNC(=O)C2Cc2ccccc2)cc1=O. The summed E-state index contributed by atoms with van der Waals surface area (Å²) < 4.78 is 1.53. The fraction of sp³-hybridized carbons (Fsp3) is 0.316. The monoisotopic (exact) mass is 339 g/mol. The van der Waals surface area contributed by atoms with E-state index in [1.165, 1.54) is 10.6 Å². The van der Waals surface area contributed by atoms with Crippen LogP contribution in [-0.2, 0) is 17.8 Å². The van der Waals surface area contributed by atoms with Gasteiger partial charge in [0.05, 0.1) is 0 Å². The van der Waals surface area contributed by atoms with E-state index in [1.54, 1.807) is 17.2 Å². The molecule has 3 rings (SSSR count). The van der Waals surface area contributed by atoms with Crippen molar-refractivity contribution in [2.45, 2.75) is 25.9 Å². The van der Waals surface area contributed by atoms with E-state index < -0.39 is 6.04 Å². The van der Waals surface area contributed by atoms with E-state index >= 15 is 0 Å². The van der Waals surface area contributed by atoms with E-state index in [0.717, 1.165) is 5.56 Å². The Morgan fingerprint density at radius 3 is 2.64 bits per heavy atom. The zero-order valence-corrected chi connectivity index (χ0v) is 14.1. The minimum atomic E-state index is -0.572. The number of benzene rings is 1. The number of aromatic nitrogens is 1. The zero-order chi connectivity index (χ0) is 17.8. The van der Waals surface area contributed by atoms with Crippen molar-refractivity contribution >= 4 is 11.8 Å². The van der Waals surface area contributed by atoms with Crippen LogP contribution < -0.4 is 10.9 Å². The van der Waals surface area contributed by atoms with Gasteiger partial charge in [0.25, 0.3) is 11.5 Å². The molecule has 2 heterocycles. The summed E-state index contributed by atoms with van der Waals surface area (Å²) in [4.78, 5) is 38.8. The average molecular weight is 339 g/mol. The van der Waals surface area contributed by atoms with E-state index in [0.29, 0.717) is 31.6 Å². The highest BCUT2D eigenvalue weighted by atomic mass is 16.2. The topological polar surface area (TPSA) is 71.4 Å². The van der Waals surface area contributed by atoms with Crippen LogP contribution in [0.15, 0.2) is 53.5 Å². The molecule has 1 atom stereocenters. The lowest BCUT2D eigenvalue weighted by molar-refractivity contribution is -0.127. The van der Waals surface area contributed by atoms with Crippen molar-refractivity contribution in [2.75, 3.05) is 13.1 Å². The van der Waals surface area contributed by atoms with E-state index in [-0.39, 0.29) is 17.4 Å². The van der Waals surface area contributed by atoms with Gasteiger partial charge in [0.1, 0.15) is 6.04 Å². The minimum absolute atomic E-state index is 0.162. The van der Waals surface area contributed by atoms with Gasteiger partial charge in [0.2, 0.25) is 5.91 Å². The van der Waals surface area contributed by atoms with E-state index in [9.17, 15) is 14.4 Å². The van der Waals surface area contributed by atoms with Gasteiger partial charge in [-0.05, 0) is 18.6 Å². The first kappa shape index (κ1) is 17.0. The van der Waals surface area contributed by atoms with Crippen molar-refractivity contribution in [1.29, 1.82) is 0 Å². The molecular formula is C19H21N3O3. The Labute approximate surface area is 146 Å². The van der Waals surface area contributed by atoms with Crippen molar-refractivity contribution in [3.63, 3.8) is 0 Å². The second-order valence-corrected chi connectivity index (χ2v) is 6.03. The molecular weight excluding hydrogens is 318 g/mol. The Morgan fingerprint density at radius 2 is 1.96 bits per heavy atom. The summed E-state index contributed by atoms with van der Waals surface area (Å²) in [6.45, 7) is 3.27. The molecule has 2 amide bonds. The molecule has 130 valence electrons. The van der Waals surface area contributed by atoms with Crippen molar-refractivity contribution in [3.05, 3.63) is 70.1 Å². The average Bonchev–Trinajstić information content (AvgIpc) is 2.63. The van der Waals surface area contributed by atoms with Gasteiger partial charge in [-0.2, -0.15) is 0 Å². The predicted octanol–water partition coefficient (Wildman–Crippen LogP) is 1.05. The molecule has 1 N–H and O–H groups in total. The first-order chi connectivity index (χ1) is 12.1. The molecule has 1 unspecified atom stereocenters. The van der Waals surface area contributed by atoms with Gasteiger partial charge in [-0.15, -0.1) is 0 Å². The summed E-state index contributed by atoms with van der Waals surface area (Å²) in [6, 6.07) is 12.0. The number of nitrogens with zero attached hydrogens (tertiary/aromatic N) is 2. The number of nitrogens with one attached hydrogen (secondary N) is 1. The zero-order valence-electron chi connectivity index (χ0n) is 14.1. The maximum atomic E-state index is 12.9. The number of hydrogen-bond acceptors (Lipinski definition) is 3. The molecule has 6 nitrogen and oxygen atoms in total. The molecule has 1 aliphatic rings. The lowest BCUT2D eigenvalue weighted by atomic mass is 10.0. The molecule has 0 spiro atoms. The fourth-order valence-electron chi connectivity index (χ4n) is 3.07. The third kappa shape index (κ3) is 3.63. The molecule has 2 aromatic rings. The van der Waals surface area contributed by atoms with Gasteiger partial charge in [-0.25, -0.2) is 0 Å². The Bertz CT molecular complexity index is 829. The summed E-state index contributed by atoms with van der Waals surface area (Å²) >= 11 is 0. The standard InChI is InChI=1S/C19H21N3O3/c1-2-21-10-8-15(13-17(21)23)19(25)22-11-9-20-18(24)16(22)12-14-6-4-3-5-7-14/h3-8,10,13,16H,2,9,11-12H2,1H3,(H,20,24). The quantitative estimate of drug-likeness (QED) is 0.905. The Hall–Kier alpha value is -2.89. The van der Waals surface area contributed by atoms with Crippen LogP contribution in [0.3, 0.4) is 0 Å². The van der Waals surface area contributed by atoms with Gasteiger partial charge in [-0.3, -0.25) is 14.4 Å². The molecule has 1 saturated heterocycles. The van der Waals surface area contributed by atoms with Gasteiger partial charge in [0.15, 0.2) is 0 Å². The van der Waals surface area contributed by atoms with Crippen molar-refractivity contribution < 1.29 is 9.59 Å². The molecule has 1 fully saturated rings. The van der Waals surface area contributed by atoms with Crippen LogP contribution in [-0.4, -0.2) is 40.4 Å². The molecule has 1 aromatic heterocycles. The Kier molecular flexibility index (Phi) is 4.97.